The van der Waals surface area contributed by atoms with Gasteiger partial charge in [0.2, 0.25) is 0 Å². The molecular weight excluding hydrogens is 196 g/mol. The highest BCUT2D eigenvalue weighted by atomic mass is 32.2. The standard InChI is InChI=1S/C11H12O2S/c1-8-6-7-11(14(2,12)13)10-5-3-4-9(8)10/h3,5-7H,4H2,1-2H3. The van der Waals surface area contributed by atoms with Gasteiger partial charge in [0.25, 0.3) is 0 Å². The van der Waals surface area contributed by atoms with Gasteiger partial charge in [-0.15, -0.1) is 0 Å². The van der Waals surface area contributed by atoms with Crippen LogP contribution in [0.15, 0.2) is 23.1 Å². The van der Waals surface area contributed by atoms with E-state index in [9.17, 15) is 8.42 Å². The summed E-state index contributed by atoms with van der Waals surface area (Å²) < 4.78 is 22.9. The second-order valence-electron chi connectivity index (χ2n) is 3.65. The van der Waals surface area contributed by atoms with Crippen LogP contribution in [0, 0.1) is 6.92 Å². The molecule has 1 aromatic rings. The molecular formula is C11H12O2S. The summed E-state index contributed by atoms with van der Waals surface area (Å²) in [6.45, 7) is 2.01. The van der Waals surface area contributed by atoms with Crippen LogP contribution in [0.25, 0.3) is 6.08 Å². The quantitative estimate of drug-likeness (QED) is 0.707. The van der Waals surface area contributed by atoms with Crippen molar-refractivity contribution in [3.8, 4) is 0 Å². The molecule has 0 N–H and O–H groups in total. The first kappa shape index (κ1) is 9.46. The highest BCUT2D eigenvalue weighted by Crippen LogP contribution is 2.29. The maximum absolute atomic E-state index is 11.5. The van der Waals surface area contributed by atoms with E-state index in [0.29, 0.717) is 4.90 Å². The Kier molecular flexibility index (Phi) is 2.00. The molecule has 0 saturated heterocycles. The highest BCUT2D eigenvalue weighted by Gasteiger charge is 2.18. The molecule has 1 aromatic carbocycles. The summed E-state index contributed by atoms with van der Waals surface area (Å²) in [5.74, 6) is 0. The average molecular weight is 208 g/mol. The van der Waals surface area contributed by atoms with Gasteiger partial charge in [0.1, 0.15) is 0 Å². The number of aryl methyl sites for hydroxylation is 1. The van der Waals surface area contributed by atoms with E-state index in [1.165, 1.54) is 6.26 Å². The van der Waals surface area contributed by atoms with E-state index >= 15 is 0 Å². The third-order valence-electron chi connectivity index (χ3n) is 2.56. The van der Waals surface area contributed by atoms with Gasteiger partial charge < -0.3 is 0 Å². The molecule has 0 spiro atoms. The van der Waals surface area contributed by atoms with Crippen LogP contribution in [0.4, 0.5) is 0 Å². The van der Waals surface area contributed by atoms with Crippen LogP contribution in [0.1, 0.15) is 16.7 Å². The zero-order valence-corrected chi connectivity index (χ0v) is 9.06. The third kappa shape index (κ3) is 1.38. The summed E-state index contributed by atoms with van der Waals surface area (Å²) in [7, 11) is -3.10. The average Bonchev–Trinajstić information content (AvgIpc) is 2.50. The predicted molar refractivity (Wildman–Crippen MR) is 57.0 cm³/mol. The molecule has 1 aliphatic carbocycles. The largest absolute Gasteiger partial charge is 0.224 e. The maximum atomic E-state index is 11.5. The van der Waals surface area contributed by atoms with Crippen molar-refractivity contribution in [1.82, 2.24) is 0 Å². The van der Waals surface area contributed by atoms with Crippen LogP contribution in [0.3, 0.4) is 0 Å². The van der Waals surface area contributed by atoms with Crippen LogP contribution in [0.2, 0.25) is 0 Å². The molecule has 0 atom stereocenters. The molecule has 1 aliphatic rings. The lowest BCUT2D eigenvalue weighted by Crippen LogP contribution is -2.02. The smallest absolute Gasteiger partial charge is 0.176 e. The minimum atomic E-state index is -3.10. The molecule has 2 nitrogen and oxygen atoms in total. The second kappa shape index (κ2) is 2.95. The highest BCUT2D eigenvalue weighted by molar-refractivity contribution is 7.90. The van der Waals surface area contributed by atoms with Crippen molar-refractivity contribution in [2.24, 2.45) is 0 Å². The Morgan fingerprint density at radius 1 is 1.29 bits per heavy atom. The van der Waals surface area contributed by atoms with Crippen molar-refractivity contribution in [1.29, 1.82) is 0 Å². The summed E-state index contributed by atoms with van der Waals surface area (Å²) in [5.41, 5.74) is 3.19. The van der Waals surface area contributed by atoms with Crippen LogP contribution in [-0.2, 0) is 16.3 Å². The summed E-state index contributed by atoms with van der Waals surface area (Å²) in [6, 6.07) is 3.57. The fraction of sp³-hybridized carbons (Fsp3) is 0.273. The topological polar surface area (TPSA) is 34.1 Å². The molecule has 0 saturated carbocycles. The summed E-state index contributed by atoms with van der Waals surface area (Å²) in [6.07, 6.45) is 6.01. The van der Waals surface area contributed by atoms with Crippen molar-refractivity contribution < 1.29 is 8.42 Å². The zero-order chi connectivity index (χ0) is 10.3. The minimum Gasteiger partial charge on any atom is -0.224 e. The van der Waals surface area contributed by atoms with Crippen LogP contribution in [-0.4, -0.2) is 14.7 Å². The van der Waals surface area contributed by atoms with E-state index in [0.717, 1.165) is 23.1 Å². The Bertz CT molecular complexity index is 510. The molecule has 0 aromatic heterocycles. The molecule has 0 amide bonds. The van der Waals surface area contributed by atoms with Crippen molar-refractivity contribution in [3.05, 3.63) is 34.9 Å². The molecule has 3 heteroatoms. The van der Waals surface area contributed by atoms with E-state index < -0.39 is 9.84 Å². The van der Waals surface area contributed by atoms with Crippen molar-refractivity contribution in [3.63, 3.8) is 0 Å². The molecule has 0 fully saturated rings. The SMILES string of the molecule is Cc1ccc(S(C)(=O)=O)c2c1CC=C2. The van der Waals surface area contributed by atoms with E-state index in [4.69, 9.17) is 0 Å². The van der Waals surface area contributed by atoms with Crippen molar-refractivity contribution >= 4 is 15.9 Å². The summed E-state index contributed by atoms with van der Waals surface area (Å²) in [4.78, 5) is 0.451. The van der Waals surface area contributed by atoms with Gasteiger partial charge in [0.15, 0.2) is 9.84 Å². The fourth-order valence-electron chi connectivity index (χ4n) is 1.82. The van der Waals surface area contributed by atoms with E-state index in [1.54, 1.807) is 6.07 Å². The first-order valence-electron chi connectivity index (χ1n) is 4.49. The summed E-state index contributed by atoms with van der Waals surface area (Å²) >= 11 is 0. The number of rotatable bonds is 1. The first-order valence-corrected chi connectivity index (χ1v) is 6.38. The lowest BCUT2D eigenvalue weighted by atomic mass is 10.0. The molecule has 0 aliphatic heterocycles. The Hall–Kier alpha value is -1.09. The molecule has 74 valence electrons. The normalized spacial score (nSPS) is 14.4. The number of hydrogen-bond donors (Lipinski definition) is 0. The van der Waals surface area contributed by atoms with Gasteiger partial charge in [0, 0.05) is 6.26 Å². The summed E-state index contributed by atoms with van der Waals surface area (Å²) in [5, 5.41) is 0. The molecule has 0 radical (unpaired) electrons. The second-order valence-corrected chi connectivity index (χ2v) is 5.64. The van der Waals surface area contributed by atoms with Crippen LogP contribution in [0.5, 0.6) is 0 Å². The monoisotopic (exact) mass is 208 g/mol. The molecule has 14 heavy (non-hydrogen) atoms. The van der Waals surface area contributed by atoms with E-state index in [1.807, 2.05) is 25.1 Å². The van der Waals surface area contributed by atoms with Gasteiger partial charge in [-0.05, 0) is 36.1 Å². The Morgan fingerprint density at radius 3 is 2.64 bits per heavy atom. The lowest BCUT2D eigenvalue weighted by Gasteiger charge is -2.08. The Balaban J connectivity index is 2.77. The number of fused-ring (bicyclic) bond motifs is 1. The number of benzene rings is 1. The van der Waals surface area contributed by atoms with Crippen LogP contribution >= 0.6 is 0 Å². The van der Waals surface area contributed by atoms with E-state index in [-0.39, 0.29) is 0 Å². The third-order valence-corrected chi connectivity index (χ3v) is 3.71. The van der Waals surface area contributed by atoms with Crippen molar-refractivity contribution in [2.75, 3.05) is 6.26 Å². The predicted octanol–water partition coefficient (Wildman–Crippen LogP) is 1.97. The Labute approximate surface area is 84.2 Å². The number of hydrogen-bond acceptors (Lipinski definition) is 2. The van der Waals surface area contributed by atoms with Gasteiger partial charge >= 0.3 is 0 Å². The molecule has 0 heterocycles. The first-order chi connectivity index (χ1) is 6.50. The number of allylic oxidation sites excluding steroid dienone is 1. The van der Waals surface area contributed by atoms with Gasteiger partial charge in [-0.25, -0.2) is 8.42 Å². The van der Waals surface area contributed by atoms with Gasteiger partial charge in [-0.2, -0.15) is 0 Å². The fourth-order valence-corrected chi connectivity index (χ4v) is 2.73. The molecule has 0 unspecified atom stereocenters. The van der Waals surface area contributed by atoms with Crippen molar-refractivity contribution in [2.45, 2.75) is 18.2 Å². The van der Waals surface area contributed by atoms with Gasteiger partial charge in [0.05, 0.1) is 4.90 Å². The maximum Gasteiger partial charge on any atom is 0.176 e. The van der Waals surface area contributed by atoms with Crippen LogP contribution < -0.4 is 0 Å². The lowest BCUT2D eigenvalue weighted by molar-refractivity contribution is 0.601. The molecule has 0 bridgehead atoms. The zero-order valence-electron chi connectivity index (χ0n) is 8.24. The number of sulfone groups is 1. The van der Waals surface area contributed by atoms with E-state index in [2.05, 4.69) is 0 Å². The molecule has 2 rings (SSSR count). The Morgan fingerprint density at radius 2 is 2.00 bits per heavy atom. The van der Waals surface area contributed by atoms with Gasteiger partial charge in [-0.1, -0.05) is 18.2 Å². The minimum absolute atomic E-state index is 0.451. The van der Waals surface area contributed by atoms with Gasteiger partial charge in [-0.3, -0.25) is 0 Å².